The van der Waals surface area contributed by atoms with E-state index >= 15 is 0 Å². The number of aromatic nitrogens is 4. The third kappa shape index (κ3) is 4.89. The standard InChI is InChI=1S/C28H29F3N6O3/c1-16-13-32-25-22(40-4)12-19(14-37(16)25)27(39)36-11-10-21(20(15-36)18-8-6-5-7-9-18)33-26(38)24-23(28(29,30)31)17(2)34-35(24)3/h5-9,12-14,20-21H,10-11,15H2,1-4H3,(H,33,38)/t20-,21-/m1/s1. The molecular weight excluding hydrogens is 525 g/mol. The summed E-state index contributed by atoms with van der Waals surface area (Å²) in [5, 5.41) is 6.67. The first-order valence-electron chi connectivity index (χ1n) is 12.8. The van der Waals surface area contributed by atoms with E-state index in [0.29, 0.717) is 29.9 Å². The molecular formula is C28H29F3N6O3. The number of nitrogens with zero attached hydrogens (tertiary/aromatic N) is 5. The predicted molar refractivity (Wildman–Crippen MR) is 140 cm³/mol. The SMILES string of the molecule is COc1cc(C(=O)N2CC[C@@H](NC(=O)c3c(C(F)(F)F)c(C)nn3C)[C@@H](c3ccccc3)C2)cn2c(C)cnc12. The van der Waals surface area contributed by atoms with Gasteiger partial charge in [0.15, 0.2) is 11.4 Å². The molecule has 5 rings (SSSR count). The number of likely N-dealkylation sites (tertiary alicyclic amines) is 1. The van der Waals surface area contributed by atoms with Crippen molar-refractivity contribution in [3.8, 4) is 5.75 Å². The van der Waals surface area contributed by atoms with Gasteiger partial charge in [-0.2, -0.15) is 18.3 Å². The molecule has 3 aromatic heterocycles. The van der Waals surface area contributed by atoms with E-state index in [1.165, 1.54) is 21.1 Å². The Labute approximate surface area is 228 Å². The number of alkyl halides is 3. The number of fused-ring (bicyclic) bond motifs is 1. The third-order valence-corrected chi connectivity index (χ3v) is 7.39. The van der Waals surface area contributed by atoms with Gasteiger partial charge in [0.25, 0.3) is 11.8 Å². The molecule has 0 spiro atoms. The second kappa shape index (κ2) is 10.3. The zero-order valence-electron chi connectivity index (χ0n) is 22.5. The van der Waals surface area contributed by atoms with Crippen LogP contribution in [0.25, 0.3) is 5.65 Å². The highest BCUT2D eigenvalue weighted by Gasteiger charge is 2.42. The van der Waals surface area contributed by atoms with Crippen LogP contribution in [0.5, 0.6) is 5.75 Å². The van der Waals surface area contributed by atoms with E-state index < -0.39 is 29.4 Å². The van der Waals surface area contributed by atoms with Crippen LogP contribution in [0.4, 0.5) is 13.2 Å². The van der Waals surface area contributed by atoms with Crippen molar-refractivity contribution < 1.29 is 27.5 Å². The fourth-order valence-corrected chi connectivity index (χ4v) is 5.47. The smallest absolute Gasteiger partial charge is 0.420 e. The summed E-state index contributed by atoms with van der Waals surface area (Å²) < 4.78 is 49.5. The van der Waals surface area contributed by atoms with Crippen molar-refractivity contribution in [3.05, 3.63) is 82.6 Å². The van der Waals surface area contributed by atoms with Crippen molar-refractivity contribution in [2.24, 2.45) is 7.05 Å². The Kier molecular flexibility index (Phi) is 7.03. The molecule has 2 amide bonds. The van der Waals surface area contributed by atoms with Crippen molar-refractivity contribution in [3.63, 3.8) is 0 Å². The molecule has 2 atom stereocenters. The first-order valence-corrected chi connectivity index (χ1v) is 12.8. The van der Waals surface area contributed by atoms with Crippen LogP contribution in [0.15, 0.2) is 48.8 Å². The molecule has 0 saturated carbocycles. The number of hydrogen-bond acceptors (Lipinski definition) is 5. The molecule has 40 heavy (non-hydrogen) atoms. The summed E-state index contributed by atoms with van der Waals surface area (Å²) >= 11 is 0. The van der Waals surface area contributed by atoms with Crippen LogP contribution in [0, 0.1) is 13.8 Å². The number of piperidine rings is 1. The lowest BCUT2D eigenvalue weighted by atomic mass is 9.85. The molecule has 4 heterocycles. The number of benzene rings is 1. The van der Waals surface area contributed by atoms with Gasteiger partial charge in [-0.3, -0.25) is 14.3 Å². The highest BCUT2D eigenvalue weighted by Crippen LogP contribution is 2.35. The number of methoxy groups -OCH3 is 1. The van der Waals surface area contributed by atoms with Crippen LogP contribution in [-0.4, -0.2) is 62.1 Å². The summed E-state index contributed by atoms with van der Waals surface area (Å²) in [6.45, 7) is 3.66. The minimum Gasteiger partial charge on any atom is -0.493 e. The highest BCUT2D eigenvalue weighted by atomic mass is 19.4. The Balaban J connectivity index is 1.44. The van der Waals surface area contributed by atoms with E-state index in [0.717, 1.165) is 15.9 Å². The number of hydrogen-bond donors (Lipinski definition) is 1. The number of amides is 2. The first-order chi connectivity index (χ1) is 19.0. The fraction of sp³-hybridized carbons (Fsp3) is 0.357. The third-order valence-electron chi connectivity index (χ3n) is 7.39. The van der Waals surface area contributed by atoms with Crippen molar-refractivity contribution in [1.82, 2.24) is 29.4 Å². The van der Waals surface area contributed by atoms with E-state index in [4.69, 9.17) is 4.74 Å². The number of pyridine rings is 1. The first kappa shape index (κ1) is 27.2. The number of halogens is 3. The van der Waals surface area contributed by atoms with E-state index in [1.807, 2.05) is 37.3 Å². The highest BCUT2D eigenvalue weighted by molar-refractivity contribution is 5.96. The number of aryl methyl sites for hydroxylation is 3. The van der Waals surface area contributed by atoms with Gasteiger partial charge >= 0.3 is 6.18 Å². The largest absolute Gasteiger partial charge is 0.493 e. The van der Waals surface area contributed by atoms with E-state index in [1.54, 1.807) is 27.8 Å². The van der Waals surface area contributed by atoms with E-state index in [2.05, 4.69) is 15.4 Å². The minimum absolute atomic E-state index is 0.222. The second-order valence-electron chi connectivity index (χ2n) is 9.96. The van der Waals surface area contributed by atoms with Crippen LogP contribution in [0.1, 0.15) is 55.7 Å². The zero-order valence-corrected chi connectivity index (χ0v) is 22.5. The maximum Gasteiger partial charge on any atom is 0.420 e. The Hall–Kier alpha value is -4.35. The maximum atomic E-state index is 13.8. The lowest BCUT2D eigenvalue weighted by molar-refractivity contribution is -0.138. The van der Waals surface area contributed by atoms with Crippen molar-refractivity contribution in [1.29, 1.82) is 0 Å². The Bertz CT molecular complexity index is 1580. The van der Waals surface area contributed by atoms with Crippen LogP contribution >= 0.6 is 0 Å². The van der Waals surface area contributed by atoms with Crippen LogP contribution < -0.4 is 10.1 Å². The fourth-order valence-electron chi connectivity index (χ4n) is 5.47. The van der Waals surface area contributed by atoms with Gasteiger partial charge < -0.3 is 19.4 Å². The molecule has 0 unspecified atom stereocenters. The molecule has 0 radical (unpaired) electrons. The average molecular weight is 555 g/mol. The lowest BCUT2D eigenvalue weighted by Gasteiger charge is -2.39. The van der Waals surface area contributed by atoms with Gasteiger partial charge in [-0.05, 0) is 31.9 Å². The minimum atomic E-state index is -4.73. The molecule has 12 heteroatoms. The normalized spacial score (nSPS) is 17.7. The summed E-state index contributed by atoms with van der Waals surface area (Å²) in [4.78, 5) is 33.0. The van der Waals surface area contributed by atoms with Gasteiger partial charge in [-0.1, -0.05) is 30.3 Å². The number of carbonyl (C=O) groups is 2. The van der Waals surface area contributed by atoms with Crippen molar-refractivity contribution >= 4 is 17.5 Å². The van der Waals surface area contributed by atoms with Crippen molar-refractivity contribution in [2.75, 3.05) is 20.2 Å². The van der Waals surface area contributed by atoms with Crippen LogP contribution in [-0.2, 0) is 13.2 Å². The summed E-state index contributed by atoms with van der Waals surface area (Å²) in [5.74, 6) is -0.965. The number of ether oxygens (including phenoxy) is 1. The molecule has 0 bridgehead atoms. The Morgan fingerprint density at radius 3 is 2.55 bits per heavy atom. The lowest BCUT2D eigenvalue weighted by Crippen LogP contribution is -2.51. The molecule has 1 fully saturated rings. The summed E-state index contributed by atoms with van der Waals surface area (Å²) in [6, 6.07) is 10.5. The predicted octanol–water partition coefficient (Wildman–Crippen LogP) is 4.14. The zero-order chi connectivity index (χ0) is 28.8. The summed E-state index contributed by atoms with van der Waals surface area (Å²) in [6.07, 6.45) is -0.967. The molecule has 1 aliphatic rings. The average Bonchev–Trinajstić information content (AvgIpc) is 3.46. The second-order valence-corrected chi connectivity index (χ2v) is 9.96. The number of carbonyl (C=O) groups excluding carboxylic acids is 2. The quantitative estimate of drug-likeness (QED) is 0.400. The molecule has 0 aliphatic carbocycles. The molecule has 210 valence electrons. The molecule has 9 nitrogen and oxygen atoms in total. The van der Waals surface area contributed by atoms with Crippen molar-refractivity contribution in [2.45, 2.75) is 38.4 Å². The van der Waals surface area contributed by atoms with Gasteiger partial charge in [0.2, 0.25) is 0 Å². The molecule has 1 aliphatic heterocycles. The topological polar surface area (TPSA) is 93.8 Å². The van der Waals surface area contributed by atoms with Gasteiger partial charge in [0, 0.05) is 50.2 Å². The molecule has 1 aromatic carbocycles. The molecule has 4 aromatic rings. The van der Waals surface area contributed by atoms with E-state index in [-0.39, 0.29) is 24.1 Å². The van der Waals surface area contributed by atoms with Gasteiger partial charge in [-0.15, -0.1) is 0 Å². The van der Waals surface area contributed by atoms with Crippen LogP contribution in [0.3, 0.4) is 0 Å². The van der Waals surface area contributed by atoms with Gasteiger partial charge in [-0.25, -0.2) is 4.98 Å². The number of nitrogens with one attached hydrogen (secondary N) is 1. The monoisotopic (exact) mass is 554 g/mol. The number of rotatable bonds is 5. The Morgan fingerprint density at radius 1 is 1.15 bits per heavy atom. The van der Waals surface area contributed by atoms with E-state index in [9.17, 15) is 22.8 Å². The maximum absolute atomic E-state index is 13.8. The Morgan fingerprint density at radius 2 is 1.88 bits per heavy atom. The number of imidazole rings is 1. The summed E-state index contributed by atoms with van der Waals surface area (Å²) in [5.41, 5.74) is 0.877. The van der Waals surface area contributed by atoms with Gasteiger partial charge in [0.1, 0.15) is 11.3 Å². The summed E-state index contributed by atoms with van der Waals surface area (Å²) in [7, 11) is 2.83. The van der Waals surface area contributed by atoms with Gasteiger partial charge in [0.05, 0.1) is 18.4 Å². The molecule has 1 saturated heterocycles. The van der Waals surface area contributed by atoms with Crippen LogP contribution in [0.2, 0.25) is 0 Å². The molecule has 1 N–H and O–H groups in total.